The van der Waals surface area contributed by atoms with Crippen molar-refractivity contribution in [1.29, 1.82) is 0 Å². The number of pyridine rings is 1. The zero-order valence-corrected chi connectivity index (χ0v) is 17.8. The second-order valence-electron chi connectivity index (χ2n) is 7.77. The molecule has 0 amide bonds. The maximum atomic E-state index is 14.9. The number of rotatable bonds is 7. The highest BCUT2D eigenvalue weighted by Crippen LogP contribution is 2.33. The van der Waals surface area contributed by atoms with Crippen molar-refractivity contribution in [3.63, 3.8) is 0 Å². The number of anilines is 1. The topological polar surface area (TPSA) is 48.8 Å². The van der Waals surface area contributed by atoms with Crippen LogP contribution in [0.2, 0.25) is 0 Å². The lowest BCUT2D eigenvalue weighted by atomic mass is 9.99. The normalized spacial score (nSPS) is 15.2. The summed E-state index contributed by atoms with van der Waals surface area (Å²) in [6, 6.07) is 16.4. The molecule has 0 saturated carbocycles. The summed E-state index contributed by atoms with van der Waals surface area (Å²) < 4.78 is 20.4. The first-order valence-corrected chi connectivity index (χ1v) is 10.6. The third-order valence-corrected chi connectivity index (χ3v) is 5.63. The first-order chi connectivity index (χ1) is 15.7. The minimum absolute atomic E-state index is 0.248. The Hall–Kier alpha value is -3.40. The van der Waals surface area contributed by atoms with Crippen LogP contribution in [-0.2, 0) is 6.54 Å². The maximum Gasteiger partial charge on any atom is 0.148 e. The monoisotopic (exact) mass is 431 g/mol. The van der Waals surface area contributed by atoms with Crippen LogP contribution in [0, 0.1) is 18.2 Å². The first kappa shape index (κ1) is 21.8. The molecule has 4 rings (SSSR count). The standard InChI is InChI=1S/C26H26FN3O2/c1-2-16-32-22-8-3-6-20(17-22)19-29-12-14-30(15-13-29)25-23(9-4-10-24(25)27)26(31)21-7-5-11-28-18-21/h1,3-11,17-18,26,31H,12-16,19H2/t26-/m1/s1. The lowest BCUT2D eigenvalue weighted by Gasteiger charge is -2.37. The highest BCUT2D eigenvalue weighted by Gasteiger charge is 2.25. The number of terminal acetylenes is 1. The number of hydrogen-bond donors (Lipinski definition) is 1. The Balaban J connectivity index is 1.44. The smallest absolute Gasteiger partial charge is 0.148 e. The summed E-state index contributed by atoms with van der Waals surface area (Å²) in [6.07, 6.45) is 7.59. The first-order valence-electron chi connectivity index (χ1n) is 10.6. The molecule has 1 aliphatic rings. The number of aliphatic hydroxyl groups excluding tert-OH is 1. The average molecular weight is 432 g/mol. The highest BCUT2D eigenvalue weighted by molar-refractivity contribution is 5.58. The van der Waals surface area contributed by atoms with E-state index in [1.54, 1.807) is 36.7 Å². The van der Waals surface area contributed by atoms with Crippen molar-refractivity contribution in [3.8, 4) is 18.1 Å². The molecule has 1 N–H and O–H groups in total. The summed E-state index contributed by atoms with van der Waals surface area (Å²) in [6.45, 7) is 3.93. The van der Waals surface area contributed by atoms with E-state index in [2.05, 4.69) is 21.9 Å². The maximum absolute atomic E-state index is 14.9. The van der Waals surface area contributed by atoms with Gasteiger partial charge in [0.1, 0.15) is 24.3 Å². The molecule has 1 fully saturated rings. The molecule has 0 bridgehead atoms. The van der Waals surface area contributed by atoms with E-state index in [4.69, 9.17) is 11.2 Å². The molecule has 2 aromatic carbocycles. The summed E-state index contributed by atoms with van der Waals surface area (Å²) in [5, 5.41) is 10.9. The molecular weight excluding hydrogens is 405 g/mol. The number of para-hydroxylation sites is 1. The summed E-state index contributed by atoms with van der Waals surface area (Å²) in [5.74, 6) is 2.92. The molecular formula is C26H26FN3O2. The summed E-state index contributed by atoms with van der Waals surface area (Å²) in [5.41, 5.74) is 2.81. The van der Waals surface area contributed by atoms with E-state index in [-0.39, 0.29) is 12.4 Å². The Labute approximate surface area is 188 Å². The van der Waals surface area contributed by atoms with Crippen LogP contribution in [-0.4, -0.2) is 47.8 Å². The van der Waals surface area contributed by atoms with Crippen LogP contribution in [0.5, 0.6) is 5.75 Å². The molecule has 2 heterocycles. The van der Waals surface area contributed by atoms with E-state index < -0.39 is 6.10 Å². The van der Waals surface area contributed by atoms with Crippen LogP contribution in [0.4, 0.5) is 10.1 Å². The van der Waals surface area contributed by atoms with Gasteiger partial charge in [0.15, 0.2) is 0 Å². The predicted molar refractivity (Wildman–Crippen MR) is 123 cm³/mol. The fourth-order valence-corrected chi connectivity index (χ4v) is 4.05. The van der Waals surface area contributed by atoms with Crippen molar-refractivity contribution in [2.75, 3.05) is 37.7 Å². The van der Waals surface area contributed by atoms with Crippen molar-refractivity contribution in [3.05, 3.63) is 89.5 Å². The van der Waals surface area contributed by atoms with Gasteiger partial charge < -0.3 is 14.7 Å². The van der Waals surface area contributed by atoms with Gasteiger partial charge in [-0.15, -0.1) is 6.42 Å². The quantitative estimate of drug-likeness (QED) is 0.579. The van der Waals surface area contributed by atoms with E-state index in [0.29, 0.717) is 29.9 Å². The summed E-state index contributed by atoms with van der Waals surface area (Å²) in [7, 11) is 0. The van der Waals surface area contributed by atoms with Crippen molar-refractivity contribution >= 4 is 5.69 Å². The van der Waals surface area contributed by atoms with Crippen molar-refractivity contribution in [2.45, 2.75) is 12.6 Å². The predicted octanol–water partition coefficient (Wildman–Crippen LogP) is 3.64. The number of aromatic nitrogens is 1. The Morgan fingerprint density at radius 1 is 1.09 bits per heavy atom. The van der Waals surface area contributed by atoms with Gasteiger partial charge in [0.2, 0.25) is 0 Å². The van der Waals surface area contributed by atoms with Crippen LogP contribution >= 0.6 is 0 Å². The van der Waals surface area contributed by atoms with Crippen LogP contribution in [0.3, 0.4) is 0 Å². The number of benzene rings is 2. The van der Waals surface area contributed by atoms with Gasteiger partial charge in [-0.3, -0.25) is 9.88 Å². The molecule has 0 spiro atoms. The third-order valence-electron chi connectivity index (χ3n) is 5.63. The second-order valence-corrected chi connectivity index (χ2v) is 7.77. The van der Waals surface area contributed by atoms with Crippen LogP contribution < -0.4 is 9.64 Å². The van der Waals surface area contributed by atoms with Crippen LogP contribution in [0.1, 0.15) is 22.8 Å². The minimum Gasteiger partial charge on any atom is -0.481 e. The molecule has 5 nitrogen and oxygen atoms in total. The van der Waals surface area contributed by atoms with Crippen LogP contribution in [0.25, 0.3) is 0 Å². The lowest BCUT2D eigenvalue weighted by Crippen LogP contribution is -2.46. The zero-order chi connectivity index (χ0) is 22.3. The lowest BCUT2D eigenvalue weighted by molar-refractivity contribution is 0.218. The third kappa shape index (κ3) is 5.08. The molecule has 0 aliphatic carbocycles. The molecule has 3 aromatic rings. The highest BCUT2D eigenvalue weighted by atomic mass is 19.1. The number of halogens is 1. The Morgan fingerprint density at radius 3 is 2.66 bits per heavy atom. The molecule has 6 heteroatoms. The number of nitrogens with zero attached hydrogens (tertiary/aromatic N) is 3. The van der Waals surface area contributed by atoms with Gasteiger partial charge in [0.05, 0.1) is 5.69 Å². The summed E-state index contributed by atoms with van der Waals surface area (Å²) >= 11 is 0. The molecule has 1 aliphatic heterocycles. The molecule has 164 valence electrons. The summed E-state index contributed by atoms with van der Waals surface area (Å²) in [4.78, 5) is 8.42. The van der Waals surface area contributed by atoms with Crippen LogP contribution in [0.15, 0.2) is 67.0 Å². The number of aliphatic hydroxyl groups is 1. The van der Waals surface area contributed by atoms with Gasteiger partial charge in [-0.2, -0.15) is 0 Å². The molecule has 32 heavy (non-hydrogen) atoms. The van der Waals surface area contributed by atoms with E-state index in [1.807, 2.05) is 23.1 Å². The average Bonchev–Trinajstić information content (AvgIpc) is 2.83. The molecule has 1 atom stereocenters. The van der Waals surface area contributed by atoms with Gasteiger partial charge in [-0.25, -0.2) is 4.39 Å². The van der Waals surface area contributed by atoms with E-state index >= 15 is 0 Å². The van der Waals surface area contributed by atoms with Gasteiger partial charge >= 0.3 is 0 Å². The molecule has 0 unspecified atom stereocenters. The van der Waals surface area contributed by atoms with Gasteiger partial charge in [-0.1, -0.05) is 36.3 Å². The van der Waals surface area contributed by atoms with E-state index in [0.717, 1.165) is 30.9 Å². The number of ether oxygens (including phenoxy) is 1. The van der Waals surface area contributed by atoms with Gasteiger partial charge in [0.25, 0.3) is 0 Å². The zero-order valence-electron chi connectivity index (χ0n) is 17.8. The van der Waals surface area contributed by atoms with Crippen molar-refractivity contribution in [1.82, 2.24) is 9.88 Å². The molecule has 0 radical (unpaired) electrons. The number of hydrogen-bond acceptors (Lipinski definition) is 5. The Kier molecular flexibility index (Phi) is 7.00. The van der Waals surface area contributed by atoms with Gasteiger partial charge in [0, 0.05) is 56.2 Å². The van der Waals surface area contributed by atoms with Gasteiger partial charge in [-0.05, 0) is 29.8 Å². The fourth-order valence-electron chi connectivity index (χ4n) is 4.05. The molecule has 1 aromatic heterocycles. The van der Waals surface area contributed by atoms with E-state index in [9.17, 15) is 9.50 Å². The van der Waals surface area contributed by atoms with E-state index in [1.165, 1.54) is 6.07 Å². The largest absolute Gasteiger partial charge is 0.481 e. The number of piperazine rings is 1. The molecule has 1 saturated heterocycles. The van der Waals surface area contributed by atoms with Crippen molar-refractivity contribution < 1.29 is 14.2 Å². The second kappa shape index (κ2) is 10.3. The fraction of sp³-hybridized carbons (Fsp3) is 0.269. The Bertz CT molecular complexity index is 1080. The minimum atomic E-state index is -0.932. The SMILES string of the molecule is C#CCOc1cccc(CN2CCN(c3c(F)cccc3[C@H](O)c3cccnc3)CC2)c1. The Morgan fingerprint density at radius 2 is 1.91 bits per heavy atom. The van der Waals surface area contributed by atoms with Crippen molar-refractivity contribution in [2.24, 2.45) is 0 Å².